The summed E-state index contributed by atoms with van der Waals surface area (Å²) in [5.41, 5.74) is 2.99. The van der Waals surface area contributed by atoms with Crippen LogP contribution in [-0.4, -0.2) is 16.6 Å². The average Bonchev–Trinajstić information content (AvgIpc) is 2.56. The number of anilines is 2. The van der Waals surface area contributed by atoms with Crippen LogP contribution in [0.4, 0.5) is 11.4 Å². The Kier molecular flexibility index (Phi) is 5.76. The van der Waals surface area contributed by atoms with Crippen LogP contribution in [0.15, 0.2) is 48.7 Å². The first-order valence-corrected chi connectivity index (χ1v) is 7.72. The van der Waals surface area contributed by atoms with Crippen LogP contribution in [0.1, 0.15) is 44.9 Å². The van der Waals surface area contributed by atoms with Crippen LogP contribution in [0.3, 0.4) is 0 Å². The standard InChI is InChI=1S/C18H24N2O/c1-3-5-13-20(15-9-7-6-8-10-15)16-11-12-17(19-14-16)18(21)4-2/h6-12,14,18,21H,3-5,13H2,1-2H3/t18-/m1/s1. The van der Waals surface area contributed by atoms with Crippen molar-refractivity contribution in [3.8, 4) is 0 Å². The Hall–Kier alpha value is -1.87. The van der Waals surface area contributed by atoms with E-state index in [9.17, 15) is 5.11 Å². The van der Waals surface area contributed by atoms with Crippen molar-refractivity contribution in [1.82, 2.24) is 4.98 Å². The van der Waals surface area contributed by atoms with Gasteiger partial charge < -0.3 is 10.0 Å². The van der Waals surface area contributed by atoms with E-state index < -0.39 is 6.10 Å². The summed E-state index contributed by atoms with van der Waals surface area (Å²) in [7, 11) is 0. The highest BCUT2D eigenvalue weighted by molar-refractivity contribution is 5.62. The minimum atomic E-state index is -0.472. The molecule has 0 radical (unpaired) electrons. The lowest BCUT2D eigenvalue weighted by molar-refractivity contribution is 0.169. The van der Waals surface area contributed by atoms with Crippen molar-refractivity contribution in [3.63, 3.8) is 0 Å². The number of aromatic nitrogens is 1. The zero-order valence-electron chi connectivity index (χ0n) is 12.9. The maximum absolute atomic E-state index is 9.84. The summed E-state index contributed by atoms with van der Waals surface area (Å²) in [6.07, 6.45) is 4.36. The first-order valence-electron chi connectivity index (χ1n) is 7.72. The Balaban J connectivity index is 2.24. The summed E-state index contributed by atoms with van der Waals surface area (Å²) >= 11 is 0. The van der Waals surface area contributed by atoms with Gasteiger partial charge >= 0.3 is 0 Å². The van der Waals surface area contributed by atoms with Gasteiger partial charge in [-0.1, -0.05) is 38.5 Å². The molecule has 0 fully saturated rings. The van der Waals surface area contributed by atoms with Crippen molar-refractivity contribution in [3.05, 3.63) is 54.4 Å². The van der Waals surface area contributed by atoms with E-state index in [0.717, 1.165) is 30.8 Å². The summed E-state index contributed by atoms with van der Waals surface area (Å²) in [4.78, 5) is 6.69. The van der Waals surface area contributed by atoms with Gasteiger partial charge in [-0.2, -0.15) is 0 Å². The van der Waals surface area contributed by atoms with Gasteiger partial charge in [0.15, 0.2) is 0 Å². The molecule has 0 unspecified atom stereocenters. The molecular weight excluding hydrogens is 260 g/mol. The number of hydrogen-bond donors (Lipinski definition) is 1. The van der Waals surface area contributed by atoms with E-state index >= 15 is 0 Å². The normalized spacial score (nSPS) is 12.1. The number of nitrogens with zero attached hydrogens (tertiary/aromatic N) is 2. The zero-order valence-corrected chi connectivity index (χ0v) is 12.9. The SMILES string of the molecule is CCCCN(c1ccccc1)c1ccc([C@H](O)CC)nc1. The predicted molar refractivity (Wildman–Crippen MR) is 87.8 cm³/mol. The summed E-state index contributed by atoms with van der Waals surface area (Å²) in [6.45, 7) is 5.12. The van der Waals surface area contributed by atoms with Crippen molar-refractivity contribution >= 4 is 11.4 Å². The monoisotopic (exact) mass is 284 g/mol. The highest BCUT2D eigenvalue weighted by Gasteiger charge is 2.11. The molecular formula is C18H24N2O. The van der Waals surface area contributed by atoms with Crippen LogP contribution < -0.4 is 4.90 Å². The minimum absolute atomic E-state index is 0.472. The van der Waals surface area contributed by atoms with Gasteiger partial charge in [0.05, 0.1) is 23.7 Å². The molecule has 0 aliphatic heterocycles. The van der Waals surface area contributed by atoms with Gasteiger partial charge in [-0.15, -0.1) is 0 Å². The lowest BCUT2D eigenvalue weighted by atomic mass is 10.1. The second-order valence-electron chi connectivity index (χ2n) is 5.21. The average molecular weight is 284 g/mol. The molecule has 0 saturated carbocycles. The molecule has 21 heavy (non-hydrogen) atoms. The highest BCUT2D eigenvalue weighted by atomic mass is 16.3. The number of rotatable bonds is 7. The molecule has 3 nitrogen and oxygen atoms in total. The fourth-order valence-corrected chi connectivity index (χ4v) is 2.29. The van der Waals surface area contributed by atoms with Gasteiger partial charge in [0.2, 0.25) is 0 Å². The van der Waals surface area contributed by atoms with Crippen molar-refractivity contribution in [2.24, 2.45) is 0 Å². The third-order valence-corrected chi connectivity index (χ3v) is 3.61. The lowest BCUT2D eigenvalue weighted by Crippen LogP contribution is -2.18. The molecule has 1 atom stereocenters. The van der Waals surface area contributed by atoms with Crippen LogP contribution in [0, 0.1) is 0 Å². The summed E-state index contributed by atoms with van der Waals surface area (Å²) in [5, 5.41) is 9.84. The fourth-order valence-electron chi connectivity index (χ4n) is 2.29. The molecule has 1 heterocycles. The smallest absolute Gasteiger partial charge is 0.0957 e. The van der Waals surface area contributed by atoms with E-state index in [1.165, 1.54) is 5.69 Å². The Labute approximate surface area is 127 Å². The summed E-state index contributed by atoms with van der Waals surface area (Å²) < 4.78 is 0. The van der Waals surface area contributed by atoms with Crippen LogP contribution in [0.25, 0.3) is 0 Å². The van der Waals surface area contributed by atoms with E-state index in [1.54, 1.807) is 0 Å². The second-order valence-corrected chi connectivity index (χ2v) is 5.21. The molecule has 2 rings (SSSR count). The Bertz CT molecular complexity index is 525. The number of aliphatic hydroxyl groups is 1. The molecule has 1 aromatic heterocycles. The van der Waals surface area contributed by atoms with E-state index in [0.29, 0.717) is 6.42 Å². The van der Waals surface area contributed by atoms with E-state index in [2.05, 4.69) is 41.1 Å². The van der Waals surface area contributed by atoms with Crippen LogP contribution >= 0.6 is 0 Å². The van der Waals surface area contributed by atoms with Gasteiger partial charge in [-0.25, -0.2) is 0 Å². The van der Waals surface area contributed by atoms with E-state index in [1.807, 2.05) is 31.3 Å². The lowest BCUT2D eigenvalue weighted by Gasteiger charge is -2.25. The quantitative estimate of drug-likeness (QED) is 0.815. The van der Waals surface area contributed by atoms with Gasteiger partial charge in [0, 0.05) is 12.2 Å². The number of hydrogen-bond acceptors (Lipinski definition) is 3. The van der Waals surface area contributed by atoms with Crippen molar-refractivity contribution in [2.45, 2.75) is 39.2 Å². The summed E-state index contributed by atoms with van der Waals surface area (Å²) in [5.74, 6) is 0. The van der Waals surface area contributed by atoms with Crippen LogP contribution in [0.2, 0.25) is 0 Å². The van der Waals surface area contributed by atoms with Crippen molar-refractivity contribution in [2.75, 3.05) is 11.4 Å². The molecule has 0 spiro atoms. The number of benzene rings is 1. The Morgan fingerprint density at radius 2 is 1.81 bits per heavy atom. The number of pyridine rings is 1. The number of unbranched alkanes of at least 4 members (excludes halogenated alkanes) is 1. The first kappa shape index (κ1) is 15.5. The van der Waals surface area contributed by atoms with Crippen LogP contribution in [0.5, 0.6) is 0 Å². The molecule has 0 bridgehead atoms. The third-order valence-electron chi connectivity index (χ3n) is 3.61. The first-order chi connectivity index (χ1) is 10.3. The van der Waals surface area contributed by atoms with E-state index in [4.69, 9.17) is 0 Å². The Morgan fingerprint density at radius 1 is 1.05 bits per heavy atom. The molecule has 0 amide bonds. The topological polar surface area (TPSA) is 36.4 Å². The van der Waals surface area contributed by atoms with Crippen LogP contribution in [-0.2, 0) is 0 Å². The van der Waals surface area contributed by atoms with E-state index in [-0.39, 0.29) is 0 Å². The zero-order chi connectivity index (χ0) is 15.1. The Morgan fingerprint density at radius 3 is 2.38 bits per heavy atom. The molecule has 1 aromatic carbocycles. The second kappa shape index (κ2) is 7.79. The van der Waals surface area contributed by atoms with Gasteiger partial charge in [0.1, 0.15) is 0 Å². The molecule has 3 heteroatoms. The largest absolute Gasteiger partial charge is 0.387 e. The van der Waals surface area contributed by atoms with Gasteiger partial charge in [0.25, 0.3) is 0 Å². The molecule has 0 aliphatic rings. The molecule has 0 saturated heterocycles. The number of aliphatic hydroxyl groups excluding tert-OH is 1. The molecule has 112 valence electrons. The van der Waals surface area contributed by atoms with Crippen molar-refractivity contribution in [1.29, 1.82) is 0 Å². The van der Waals surface area contributed by atoms with Gasteiger partial charge in [-0.3, -0.25) is 4.98 Å². The maximum Gasteiger partial charge on any atom is 0.0957 e. The predicted octanol–water partition coefficient (Wildman–Crippen LogP) is 4.46. The summed E-state index contributed by atoms with van der Waals surface area (Å²) in [6, 6.07) is 14.3. The molecule has 0 aliphatic carbocycles. The number of para-hydroxylation sites is 1. The third kappa shape index (κ3) is 4.05. The van der Waals surface area contributed by atoms with Crippen molar-refractivity contribution < 1.29 is 5.11 Å². The fraction of sp³-hybridized carbons (Fsp3) is 0.389. The minimum Gasteiger partial charge on any atom is -0.387 e. The highest BCUT2D eigenvalue weighted by Crippen LogP contribution is 2.26. The maximum atomic E-state index is 9.84. The molecule has 1 N–H and O–H groups in total. The van der Waals surface area contributed by atoms with Gasteiger partial charge in [-0.05, 0) is 37.1 Å². The molecule has 2 aromatic rings.